The Hall–Kier alpha value is -2.73. The van der Waals surface area contributed by atoms with E-state index < -0.39 is 5.97 Å². The molecule has 3 heteroatoms. The highest BCUT2D eigenvalue weighted by Gasteiger charge is 2.38. The Morgan fingerprint density at radius 1 is 1.07 bits per heavy atom. The Morgan fingerprint density at radius 3 is 2.33 bits per heavy atom. The molecule has 140 valence electrons. The first-order chi connectivity index (χ1) is 12.6. The lowest BCUT2D eigenvalue weighted by Gasteiger charge is -2.42. The fourth-order valence-electron chi connectivity index (χ4n) is 4.05. The van der Waals surface area contributed by atoms with Crippen molar-refractivity contribution in [3.63, 3.8) is 0 Å². The third kappa shape index (κ3) is 4.01. The minimum atomic E-state index is -0.900. The minimum Gasteiger partial charge on any atom is -0.487 e. The molecule has 0 unspecified atom stereocenters. The van der Waals surface area contributed by atoms with E-state index in [0.717, 1.165) is 28.9 Å². The largest absolute Gasteiger partial charge is 0.487 e. The maximum absolute atomic E-state index is 11.3. The van der Waals surface area contributed by atoms with Gasteiger partial charge in [-0.25, -0.2) is 4.79 Å². The topological polar surface area (TPSA) is 46.5 Å². The monoisotopic (exact) mass is 362 g/mol. The molecule has 0 bridgehead atoms. The van der Waals surface area contributed by atoms with Crippen LogP contribution in [0.2, 0.25) is 0 Å². The number of rotatable bonds is 2. The molecule has 1 aliphatic heterocycles. The normalized spacial score (nSPS) is 16.5. The molecule has 1 heterocycles. The van der Waals surface area contributed by atoms with Crippen molar-refractivity contribution in [2.75, 3.05) is 0 Å². The Kier molecular flexibility index (Phi) is 4.78. The molecular formula is C24H26O3. The fourth-order valence-corrected chi connectivity index (χ4v) is 4.05. The van der Waals surface area contributed by atoms with Gasteiger partial charge in [-0.1, -0.05) is 38.7 Å². The van der Waals surface area contributed by atoms with Crippen molar-refractivity contribution in [2.24, 2.45) is 0 Å². The standard InChI is InChI=1S/C24H26O3/c1-6-18-13-16(9-11-19(18)22(25)26)7-8-17-10-12-20-21(14-17)27-24(4,5)15-23(20,2)3/h9-14H,6,15H2,1-5H3,(H,25,26). The molecule has 0 fully saturated rings. The predicted molar refractivity (Wildman–Crippen MR) is 108 cm³/mol. The number of hydrogen-bond donors (Lipinski definition) is 1. The van der Waals surface area contributed by atoms with E-state index in [1.807, 2.05) is 25.1 Å². The van der Waals surface area contributed by atoms with Crippen LogP contribution in [0.15, 0.2) is 36.4 Å². The van der Waals surface area contributed by atoms with Crippen molar-refractivity contribution in [2.45, 2.75) is 58.5 Å². The molecule has 3 nitrogen and oxygen atoms in total. The van der Waals surface area contributed by atoms with E-state index in [1.54, 1.807) is 12.1 Å². The summed E-state index contributed by atoms with van der Waals surface area (Å²) >= 11 is 0. The molecule has 1 N–H and O–H groups in total. The SMILES string of the molecule is CCc1cc(C#Cc2ccc3c(c2)OC(C)(C)CC3(C)C)ccc1C(=O)O. The number of aryl methyl sites for hydroxylation is 1. The minimum absolute atomic E-state index is 0.0612. The van der Waals surface area contributed by atoms with E-state index in [1.165, 1.54) is 5.56 Å². The van der Waals surface area contributed by atoms with Crippen LogP contribution in [0, 0.1) is 11.8 Å². The first kappa shape index (κ1) is 19.0. The van der Waals surface area contributed by atoms with Crippen LogP contribution < -0.4 is 4.74 Å². The third-order valence-corrected chi connectivity index (χ3v) is 5.03. The van der Waals surface area contributed by atoms with Crippen molar-refractivity contribution in [3.05, 3.63) is 64.2 Å². The zero-order chi connectivity index (χ0) is 19.8. The van der Waals surface area contributed by atoms with Gasteiger partial charge in [0.2, 0.25) is 0 Å². The summed E-state index contributed by atoms with van der Waals surface area (Å²) in [5.74, 6) is 6.34. The summed E-state index contributed by atoms with van der Waals surface area (Å²) in [5, 5.41) is 9.24. The van der Waals surface area contributed by atoms with Crippen LogP contribution in [0.5, 0.6) is 5.75 Å². The Morgan fingerprint density at radius 2 is 1.70 bits per heavy atom. The molecule has 0 saturated heterocycles. The van der Waals surface area contributed by atoms with Crippen LogP contribution in [0.4, 0.5) is 0 Å². The lowest BCUT2D eigenvalue weighted by atomic mass is 9.73. The molecule has 0 radical (unpaired) electrons. The van der Waals surface area contributed by atoms with Gasteiger partial charge < -0.3 is 9.84 Å². The molecule has 0 amide bonds. The van der Waals surface area contributed by atoms with Crippen molar-refractivity contribution in [1.82, 2.24) is 0 Å². The smallest absolute Gasteiger partial charge is 0.335 e. The summed E-state index contributed by atoms with van der Waals surface area (Å²) in [6.07, 6.45) is 1.63. The van der Waals surface area contributed by atoms with E-state index in [9.17, 15) is 9.90 Å². The van der Waals surface area contributed by atoms with Crippen LogP contribution in [-0.2, 0) is 11.8 Å². The van der Waals surface area contributed by atoms with E-state index in [2.05, 4.69) is 45.6 Å². The van der Waals surface area contributed by atoms with Crippen LogP contribution >= 0.6 is 0 Å². The average Bonchev–Trinajstić information content (AvgIpc) is 2.57. The number of ether oxygens (including phenoxy) is 1. The summed E-state index contributed by atoms with van der Waals surface area (Å²) in [4.78, 5) is 11.3. The summed E-state index contributed by atoms with van der Waals surface area (Å²) in [5.41, 5.74) is 3.92. The molecule has 2 aromatic rings. The van der Waals surface area contributed by atoms with Crippen molar-refractivity contribution >= 4 is 5.97 Å². The quantitative estimate of drug-likeness (QED) is 0.748. The summed E-state index contributed by atoms with van der Waals surface area (Å²) < 4.78 is 6.19. The van der Waals surface area contributed by atoms with E-state index in [4.69, 9.17) is 4.74 Å². The number of fused-ring (bicyclic) bond motifs is 1. The van der Waals surface area contributed by atoms with E-state index in [0.29, 0.717) is 12.0 Å². The fraction of sp³-hybridized carbons (Fsp3) is 0.375. The second kappa shape index (κ2) is 6.78. The van der Waals surface area contributed by atoms with Crippen LogP contribution in [0.3, 0.4) is 0 Å². The second-order valence-corrected chi connectivity index (χ2v) is 8.41. The highest BCUT2D eigenvalue weighted by atomic mass is 16.5. The number of carbonyl (C=O) groups is 1. The predicted octanol–water partition coefficient (Wildman–Crippen LogP) is 5.19. The maximum atomic E-state index is 11.3. The third-order valence-electron chi connectivity index (χ3n) is 5.03. The van der Waals surface area contributed by atoms with Gasteiger partial charge in [-0.2, -0.15) is 0 Å². The van der Waals surface area contributed by atoms with Crippen LogP contribution in [0.1, 0.15) is 73.7 Å². The highest BCUT2D eigenvalue weighted by molar-refractivity contribution is 5.89. The lowest BCUT2D eigenvalue weighted by Crippen LogP contribution is -2.41. The second-order valence-electron chi connectivity index (χ2n) is 8.41. The molecule has 0 aliphatic carbocycles. The first-order valence-electron chi connectivity index (χ1n) is 9.33. The summed E-state index contributed by atoms with van der Waals surface area (Å²) in [6.45, 7) is 10.7. The average molecular weight is 362 g/mol. The number of carboxylic acids is 1. The molecule has 0 aromatic heterocycles. The van der Waals surface area contributed by atoms with Crippen molar-refractivity contribution in [3.8, 4) is 17.6 Å². The number of carboxylic acid groups (broad SMARTS) is 1. The van der Waals surface area contributed by atoms with Gasteiger partial charge in [0.25, 0.3) is 0 Å². The first-order valence-corrected chi connectivity index (χ1v) is 9.33. The Bertz CT molecular complexity index is 955. The van der Waals surface area contributed by atoms with E-state index in [-0.39, 0.29) is 11.0 Å². The van der Waals surface area contributed by atoms with Gasteiger partial charge >= 0.3 is 5.97 Å². The summed E-state index contributed by atoms with van der Waals surface area (Å²) in [6, 6.07) is 11.4. The molecule has 3 rings (SSSR count). The molecule has 27 heavy (non-hydrogen) atoms. The molecule has 2 aromatic carbocycles. The molecule has 0 atom stereocenters. The van der Waals surface area contributed by atoms with Gasteiger partial charge in [0, 0.05) is 16.7 Å². The Balaban J connectivity index is 1.94. The number of aromatic carboxylic acids is 1. The molecule has 0 saturated carbocycles. The van der Waals surface area contributed by atoms with E-state index >= 15 is 0 Å². The maximum Gasteiger partial charge on any atom is 0.335 e. The molecule has 0 spiro atoms. The van der Waals surface area contributed by atoms with Crippen LogP contribution in [0.25, 0.3) is 0 Å². The number of benzene rings is 2. The van der Waals surface area contributed by atoms with Gasteiger partial charge in [-0.15, -0.1) is 0 Å². The lowest BCUT2D eigenvalue weighted by molar-refractivity contribution is 0.0533. The zero-order valence-corrected chi connectivity index (χ0v) is 16.6. The van der Waals surface area contributed by atoms with Gasteiger partial charge in [0.1, 0.15) is 11.4 Å². The van der Waals surface area contributed by atoms with Gasteiger partial charge in [-0.3, -0.25) is 0 Å². The van der Waals surface area contributed by atoms with Crippen LogP contribution in [-0.4, -0.2) is 16.7 Å². The zero-order valence-electron chi connectivity index (χ0n) is 16.6. The molecular weight excluding hydrogens is 336 g/mol. The summed E-state index contributed by atoms with van der Waals surface area (Å²) in [7, 11) is 0. The van der Waals surface area contributed by atoms with Gasteiger partial charge in [-0.05, 0) is 68.0 Å². The molecule has 1 aliphatic rings. The van der Waals surface area contributed by atoms with Crippen molar-refractivity contribution in [1.29, 1.82) is 0 Å². The van der Waals surface area contributed by atoms with Gasteiger partial charge in [0.15, 0.2) is 0 Å². The number of hydrogen-bond acceptors (Lipinski definition) is 2. The Labute approximate surface area is 161 Å². The van der Waals surface area contributed by atoms with Crippen molar-refractivity contribution < 1.29 is 14.6 Å². The highest BCUT2D eigenvalue weighted by Crippen LogP contribution is 2.44. The van der Waals surface area contributed by atoms with Gasteiger partial charge in [0.05, 0.1) is 5.56 Å².